The second kappa shape index (κ2) is 5.50. The standard InChI is InChI=1S/C17H21N3/c1-10(2)15(9-18)17-19-13(5)16(20-17)14-8-11(3)6-7-12(14)4/h6-8,10,15H,1-5H3,(H,19,20). The van der Waals surface area contributed by atoms with Crippen LogP contribution in [0.4, 0.5) is 0 Å². The summed E-state index contributed by atoms with van der Waals surface area (Å²) in [5, 5.41) is 9.31. The minimum Gasteiger partial charge on any atom is -0.344 e. The summed E-state index contributed by atoms with van der Waals surface area (Å²) in [4.78, 5) is 7.98. The van der Waals surface area contributed by atoms with E-state index >= 15 is 0 Å². The Bertz CT molecular complexity index is 659. The fourth-order valence-corrected chi connectivity index (χ4v) is 2.41. The van der Waals surface area contributed by atoms with Gasteiger partial charge in [-0.15, -0.1) is 0 Å². The van der Waals surface area contributed by atoms with Crippen molar-refractivity contribution in [3.05, 3.63) is 40.8 Å². The van der Waals surface area contributed by atoms with Crippen LogP contribution >= 0.6 is 0 Å². The van der Waals surface area contributed by atoms with Gasteiger partial charge in [-0.25, -0.2) is 4.98 Å². The summed E-state index contributed by atoms with van der Waals surface area (Å²) >= 11 is 0. The molecule has 1 aromatic carbocycles. The number of aryl methyl sites for hydroxylation is 3. The third-order valence-electron chi connectivity index (χ3n) is 3.65. The third-order valence-corrected chi connectivity index (χ3v) is 3.65. The van der Waals surface area contributed by atoms with E-state index in [0.717, 1.165) is 22.8 Å². The zero-order chi connectivity index (χ0) is 14.9. The predicted molar refractivity (Wildman–Crippen MR) is 81.4 cm³/mol. The van der Waals surface area contributed by atoms with Crippen LogP contribution in [0.15, 0.2) is 18.2 Å². The van der Waals surface area contributed by atoms with Gasteiger partial charge in [-0.05, 0) is 38.3 Å². The van der Waals surface area contributed by atoms with Crippen LogP contribution in [0.2, 0.25) is 0 Å². The molecule has 0 radical (unpaired) electrons. The largest absolute Gasteiger partial charge is 0.344 e. The molecule has 2 rings (SSSR count). The molecule has 1 aromatic heterocycles. The molecule has 1 N–H and O–H groups in total. The Balaban J connectivity index is 2.52. The van der Waals surface area contributed by atoms with Crippen molar-refractivity contribution in [1.82, 2.24) is 9.97 Å². The third kappa shape index (κ3) is 2.60. The number of H-pyrrole nitrogens is 1. The summed E-state index contributed by atoms with van der Waals surface area (Å²) in [5.41, 5.74) is 5.55. The van der Waals surface area contributed by atoms with E-state index in [9.17, 15) is 5.26 Å². The van der Waals surface area contributed by atoms with Crippen LogP contribution in [0.3, 0.4) is 0 Å². The van der Waals surface area contributed by atoms with Crippen molar-refractivity contribution >= 4 is 0 Å². The number of imidazole rings is 1. The average Bonchev–Trinajstić information content (AvgIpc) is 2.74. The molecule has 1 heterocycles. The highest BCUT2D eigenvalue weighted by atomic mass is 14.9. The molecule has 0 aliphatic heterocycles. The van der Waals surface area contributed by atoms with E-state index in [0.29, 0.717) is 0 Å². The van der Waals surface area contributed by atoms with E-state index in [1.54, 1.807) is 0 Å². The molecule has 1 unspecified atom stereocenters. The van der Waals surface area contributed by atoms with Crippen molar-refractivity contribution < 1.29 is 0 Å². The van der Waals surface area contributed by atoms with Gasteiger partial charge in [0.2, 0.25) is 0 Å². The van der Waals surface area contributed by atoms with Crippen LogP contribution in [0, 0.1) is 38.0 Å². The maximum absolute atomic E-state index is 9.31. The molecule has 2 aromatic rings. The number of nitrogens with one attached hydrogen (secondary N) is 1. The van der Waals surface area contributed by atoms with Gasteiger partial charge in [0, 0.05) is 11.3 Å². The topological polar surface area (TPSA) is 52.5 Å². The van der Waals surface area contributed by atoms with Gasteiger partial charge >= 0.3 is 0 Å². The summed E-state index contributed by atoms with van der Waals surface area (Å²) in [6.45, 7) is 10.3. The molecule has 0 aliphatic carbocycles. The Morgan fingerprint density at radius 3 is 2.50 bits per heavy atom. The van der Waals surface area contributed by atoms with Gasteiger partial charge in [0.15, 0.2) is 0 Å². The predicted octanol–water partition coefficient (Wildman–Crippen LogP) is 4.27. The minimum atomic E-state index is -0.187. The fraction of sp³-hybridized carbons (Fsp3) is 0.412. The Morgan fingerprint density at radius 1 is 1.20 bits per heavy atom. The monoisotopic (exact) mass is 267 g/mol. The van der Waals surface area contributed by atoms with Crippen molar-refractivity contribution in [1.29, 1.82) is 5.26 Å². The van der Waals surface area contributed by atoms with E-state index in [1.807, 2.05) is 20.8 Å². The summed E-state index contributed by atoms with van der Waals surface area (Å²) in [7, 11) is 0. The minimum absolute atomic E-state index is 0.187. The zero-order valence-electron chi connectivity index (χ0n) is 12.8. The van der Waals surface area contributed by atoms with E-state index < -0.39 is 0 Å². The maximum atomic E-state index is 9.31. The van der Waals surface area contributed by atoms with Crippen LogP contribution in [0.1, 0.15) is 42.4 Å². The molecule has 0 bridgehead atoms. The van der Waals surface area contributed by atoms with Crippen molar-refractivity contribution in [3.8, 4) is 17.3 Å². The lowest BCUT2D eigenvalue weighted by Gasteiger charge is -2.09. The van der Waals surface area contributed by atoms with Crippen LogP contribution < -0.4 is 0 Å². The molecule has 0 amide bonds. The number of aromatic nitrogens is 2. The molecule has 1 atom stereocenters. The summed E-state index contributed by atoms with van der Waals surface area (Å²) in [5.74, 6) is 0.834. The molecule has 0 aliphatic rings. The van der Waals surface area contributed by atoms with E-state index in [2.05, 4.69) is 43.1 Å². The Morgan fingerprint density at radius 2 is 1.90 bits per heavy atom. The summed E-state index contributed by atoms with van der Waals surface area (Å²) < 4.78 is 0. The first-order valence-electron chi connectivity index (χ1n) is 6.97. The van der Waals surface area contributed by atoms with E-state index in [1.165, 1.54) is 11.1 Å². The number of nitrogens with zero attached hydrogens (tertiary/aromatic N) is 2. The van der Waals surface area contributed by atoms with Gasteiger partial charge in [0.05, 0.1) is 11.8 Å². The lowest BCUT2D eigenvalue weighted by molar-refractivity contribution is 0.565. The van der Waals surface area contributed by atoms with Crippen molar-refractivity contribution in [2.24, 2.45) is 5.92 Å². The first-order chi connectivity index (χ1) is 9.43. The molecule has 0 saturated carbocycles. The first kappa shape index (κ1) is 14.3. The Hall–Kier alpha value is -2.08. The van der Waals surface area contributed by atoms with Gasteiger partial charge in [-0.2, -0.15) is 5.26 Å². The van der Waals surface area contributed by atoms with Crippen LogP contribution in [-0.2, 0) is 0 Å². The highest BCUT2D eigenvalue weighted by Crippen LogP contribution is 2.29. The van der Waals surface area contributed by atoms with Gasteiger partial charge < -0.3 is 4.98 Å². The average molecular weight is 267 g/mol. The van der Waals surface area contributed by atoms with Gasteiger partial charge in [-0.1, -0.05) is 31.5 Å². The van der Waals surface area contributed by atoms with Crippen LogP contribution in [0.25, 0.3) is 11.3 Å². The van der Waals surface area contributed by atoms with Gasteiger partial charge in [0.25, 0.3) is 0 Å². The number of hydrogen-bond donors (Lipinski definition) is 1. The lowest BCUT2D eigenvalue weighted by Crippen LogP contribution is -2.06. The molecule has 0 spiro atoms. The van der Waals surface area contributed by atoms with Crippen molar-refractivity contribution in [2.45, 2.75) is 40.5 Å². The molecule has 3 heteroatoms. The van der Waals surface area contributed by atoms with Crippen molar-refractivity contribution in [3.63, 3.8) is 0 Å². The summed E-state index contributed by atoms with van der Waals surface area (Å²) in [6.07, 6.45) is 0. The molecule has 0 saturated heterocycles. The first-order valence-corrected chi connectivity index (χ1v) is 6.97. The van der Waals surface area contributed by atoms with Crippen LogP contribution in [-0.4, -0.2) is 9.97 Å². The fourth-order valence-electron chi connectivity index (χ4n) is 2.41. The SMILES string of the molecule is Cc1ccc(C)c(-c2nc(C(C#N)C(C)C)[nH]c2C)c1. The highest BCUT2D eigenvalue weighted by molar-refractivity contribution is 5.66. The lowest BCUT2D eigenvalue weighted by atomic mass is 9.97. The van der Waals surface area contributed by atoms with Gasteiger partial charge in [0.1, 0.15) is 11.7 Å². The quantitative estimate of drug-likeness (QED) is 0.903. The second-order valence-corrected chi connectivity index (χ2v) is 5.76. The maximum Gasteiger partial charge on any atom is 0.124 e. The molecule has 0 fully saturated rings. The Labute approximate surface area is 120 Å². The van der Waals surface area contributed by atoms with Crippen LogP contribution in [0.5, 0.6) is 0 Å². The number of aromatic amines is 1. The molecule has 104 valence electrons. The van der Waals surface area contributed by atoms with Gasteiger partial charge in [-0.3, -0.25) is 0 Å². The molecular weight excluding hydrogens is 246 g/mol. The summed E-state index contributed by atoms with van der Waals surface area (Å²) in [6, 6.07) is 8.71. The molecular formula is C17H21N3. The second-order valence-electron chi connectivity index (χ2n) is 5.76. The highest BCUT2D eigenvalue weighted by Gasteiger charge is 2.21. The number of nitriles is 1. The molecule has 3 nitrogen and oxygen atoms in total. The number of hydrogen-bond acceptors (Lipinski definition) is 2. The molecule has 20 heavy (non-hydrogen) atoms. The van der Waals surface area contributed by atoms with E-state index in [-0.39, 0.29) is 11.8 Å². The normalized spacial score (nSPS) is 12.4. The zero-order valence-corrected chi connectivity index (χ0v) is 12.8. The Kier molecular flexibility index (Phi) is 3.94. The van der Waals surface area contributed by atoms with E-state index in [4.69, 9.17) is 4.98 Å². The smallest absolute Gasteiger partial charge is 0.124 e. The number of rotatable bonds is 3. The number of benzene rings is 1. The van der Waals surface area contributed by atoms with Crippen molar-refractivity contribution in [2.75, 3.05) is 0 Å².